The summed E-state index contributed by atoms with van der Waals surface area (Å²) < 4.78 is 2.05. The highest BCUT2D eigenvalue weighted by Gasteiger charge is 2.31. The number of hydrogen-bond donors (Lipinski definition) is 1. The van der Waals surface area contributed by atoms with Crippen LogP contribution in [0.4, 0.5) is 5.82 Å². The Bertz CT molecular complexity index is 784. The first-order valence-electron chi connectivity index (χ1n) is 8.32. The first kappa shape index (κ1) is 14.8. The van der Waals surface area contributed by atoms with Crippen molar-refractivity contribution < 1.29 is 0 Å². The number of aliphatic imine (C=N–C) groups is 1. The number of fused-ring (bicyclic) bond motifs is 1. The molecular formula is C18H21N3OS. The van der Waals surface area contributed by atoms with Gasteiger partial charge in [0.25, 0.3) is 5.56 Å². The number of thioether (sulfide) groups is 1. The lowest BCUT2D eigenvalue weighted by Crippen LogP contribution is -2.14. The van der Waals surface area contributed by atoms with Gasteiger partial charge < -0.3 is 0 Å². The molecule has 1 atom stereocenters. The average molecular weight is 327 g/mol. The van der Waals surface area contributed by atoms with Gasteiger partial charge in [0.05, 0.1) is 16.6 Å². The standard InChI is InChI=1S/C18H21N3OS/c1-12-19-17-16(15(23-12)11-13-7-3-2-4-8-13)18(22)20-21(17)14-9-5-6-10-14/h2-4,7-8,14-15H,5-6,9-11H2,1H3,(H,20,22)/t15-/m0/s1. The Morgan fingerprint density at radius 2 is 2.00 bits per heavy atom. The van der Waals surface area contributed by atoms with Crippen LogP contribution in [0.1, 0.15) is 55.0 Å². The van der Waals surface area contributed by atoms with Gasteiger partial charge in [0.15, 0.2) is 5.82 Å². The van der Waals surface area contributed by atoms with Crippen molar-refractivity contribution in [3.8, 4) is 0 Å². The van der Waals surface area contributed by atoms with Gasteiger partial charge in [-0.15, -0.1) is 11.8 Å². The van der Waals surface area contributed by atoms with Crippen LogP contribution >= 0.6 is 11.8 Å². The molecule has 4 nitrogen and oxygen atoms in total. The molecule has 2 aliphatic rings. The van der Waals surface area contributed by atoms with Crippen molar-refractivity contribution in [3.63, 3.8) is 0 Å². The summed E-state index contributed by atoms with van der Waals surface area (Å²) in [5.74, 6) is 0.874. The number of nitrogens with zero attached hydrogens (tertiary/aromatic N) is 2. The monoisotopic (exact) mass is 327 g/mol. The van der Waals surface area contributed by atoms with Gasteiger partial charge in [-0.3, -0.25) is 14.6 Å². The molecule has 1 aliphatic heterocycles. The van der Waals surface area contributed by atoms with Gasteiger partial charge in [-0.1, -0.05) is 43.2 Å². The molecule has 23 heavy (non-hydrogen) atoms. The van der Waals surface area contributed by atoms with E-state index < -0.39 is 0 Å². The lowest BCUT2D eigenvalue weighted by atomic mass is 10.1. The number of H-pyrrole nitrogens is 1. The van der Waals surface area contributed by atoms with Crippen molar-refractivity contribution in [2.45, 2.75) is 50.3 Å². The fourth-order valence-corrected chi connectivity index (χ4v) is 4.85. The van der Waals surface area contributed by atoms with Gasteiger partial charge in [-0.2, -0.15) is 0 Å². The molecular weight excluding hydrogens is 306 g/mol. The third-order valence-electron chi connectivity index (χ3n) is 4.79. The first-order valence-corrected chi connectivity index (χ1v) is 9.20. The van der Waals surface area contributed by atoms with Crippen molar-refractivity contribution in [1.29, 1.82) is 0 Å². The van der Waals surface area contributed by atoms with Gasteiger partial charge >= 0.3 is 0 Å². The fraction of sp³-hybridized carbons (Fsp3) is 0.444. The molecule has 0 saturated heterocycles. The minimum atomic E-state index is 0.0385. The average Bonchev–Trinajstić information content (AvgIpc) is 3.16. The van der Waals surface area contributed by atoms with Crippen molar-refractivity contribution in [2.24, 2.45) is 4.99 Å². The lowest BCUT2D eigenvalue weighted by molar-refractivity contribution is 0.468. The maximum Gasteiger partial charge on any atom is 0.270 e. The van der Waals surface area contributed by atoms with Crippen LogP contribution in [-0.2, 0) is 6.42 Å². The number of aromatic amines is 1. The lowest BCUT2D eigenvalue weighted by Gasteiger charge is -2.22. The van der Waals surface area contributed by atoms with E-state index in [4.69, 9.17) is 4.99 Å². The number of benzene rings is 1. The van der Waals surface area contributed by atoms with E-state index in [0.29, 0.717) is 6.04 Å². The molecule has 0 radical (unpaired) electrons. The van der Waals surface area contributed by atoms with Crippen LogP contribution in [0.15, 0.2) is 40.1 Å². The zero-order valence-electron chi connectivity index (χ0n) is 13.3. The molecule has 1 aromatic heterocycles. The molecule has 0 amide bonds. The van der Waals surface area contributed by atoms with Crippen LogP contribution in [-0.4, -0.2) is 14.8 Å². The molecule has 5 heteroatoms. The van der Waals surface area contributed by atoms with Gasteiger partial charge in [0.2, 0.25) is 0 Å². The summed E-state index contributed by atoms with van der Waals surface area (Å²) in [5, 5.41) is 4.27. The quantitative estimate of drug-likeness (QED) is 0.910. The summed E-state index contributed by atoms with van der Waals surface area (Å²) in [6.45, 7) is 2.04. The fourth-order valence-electron chi connectivity index (χ4n) is 3.70. The minimum absolute atomic E-state index is 0.0385. The summed E-state index contributed by atoms with van der Waals surface area (Å²) in [6.07, 6.45) is 5.63. The highest BCUT2D eigenvalue weighted by molar-refractivity contribution is 8.14. The molecule has 0 bridgehead atoms. The summed E-state index contributed by atoms with van der Waals surface area (Å²) in [4.78, 5) is 17.3. The Morgan fingerprint density at radius 3 is 2.74 bits per heavy atom. The van der Waals surface area contributed by atoms with Crippen LogP contribution < -0.4 is 5.56 Å². The van der Waals surface area contributed by atoms with Crippen LogP contribution in [0, 0.1) is 0 Å². The molecule has 1 N–H and O–H groups in total. The van der Waals surface area contributed by atoms with Gasteiger partial charge in [0, 0.05) is 5.25 Å². The molecule has 1 fully saturated rings. The molecule has 2 heterocycles. The third-order valence-corrected chi connectivity index (χ3v) is 5.91. The molecule has 120 valence electrons. The molecule has 1 aliphatic carbocycles. The second-order valence-electron chi connectivity index (χ2n) is 6.41. The number of rotatable bonds is 3. The second kappa shape index (κ2) is 6.04. The van der Waals surface area contributed by atoms with Crippen molar-refractivity contribution in [2.75, 3.05) is 0 Å². The van der Waals surface area contributed by atoms with E-state index >= 15 is 0 Å². The summed E-state index contributed by atoms with van der Waals surface area (Å²) in [5.41, 5.74) is 2.16. The van der Waals surface area contributed by atoms with Crippen molar-refractivity contribution >= 4 is 22.6 Å². The maximum atomic E-state index is 12.6. The Kier molecular flexibility index (Phi) is 3.89. The van der Waals surface area contributed by atoms with E-state index in [2.05, 4.69) is 29.4 Å². The first-order chi connectivity index (χ1) is 11.2. The molecule has 0 unspecified atom stereocenters. The summed E-state index contributed by atoms with van der Waals surface area (Å²) >= 11 is 1.71. The van der Waals surface area contributed by atoms with Crippen molar-refractivity contribution in [1.82, 2.24) is 9.78 Å². The number of nitrogens with one attached hydrogen (secondary N) is 1. The molecule has 2 aromatic rings. The highest BCUT2D eigenvalue weighted by Crippen LogP contribution is 2.43. The minimum Gasteiger partial charge on any atom is -0.268 e. The number of hydrogen-bond acceptors (Lipinski definition) is 3. The van der Waals surface area contributed by atoms with E-state index in [0.717, 1.165) is 35.7 Å². The summed E-state index contributed by atoms with van der Waals surface area (Å²) in [6, 6.07) is 10.8. The Hall–Kier alpha value is -1.75. The molecule has 1 aromatic carbocycles. The SMILES string of the molecule is CC1=Nc2c(c(=O)[nH]n2C2CCCC2)[C@H](Cc2ccccc2)S1. The van der Waals surface area contributed by atoms with Crippen LogP contribution in [0.5, 0.6) is 0 Å². The molecule has 4 rings (SSSR count). The van der Waals surface area contributed by atoms with E-state index in [1.165, 1.54) is 18.4 Å². The summed E-state index contributed by atoms with van der Waals surface area (Å²) in [7, 11) is 0. The van der Waals surface area contributed by atoms with E-state index in [1.54, 1.807) is 11.8 Å². The second-order valence-corrected chi connectivity index (χ2v) is 7.81. The van der Waals surface area contributed by atoms with E-state index in [9.17, 15) is 4.79 Å². The Morgan fingerprint density at radius 1 is 1.26 bits per heavy atom. The molecule has 1 saturated carbocycles. The maximum absolute atomic E-state index is 12.6. The van der Waals surface area contributed by atoms with Gasteiger partial charge in [-0.25, -0.2) is 4.99 Å². The predicted octanol–water partition coefficient (Wildman–Crippen LogP) is 4.37. The predicted molar refractivity (Wildman–Crippen MR) is 95.8 cm³/mol. The largest absolute Gasteiger partial charge is 0.270 e. The number of aromatic nitrogens is 2. The topological polar surface area (TPSA) is 50.1 Å². The van der Waals surface area contributed by atoms with Crippen LogP contribution in [0.2, 0.25) is 0 Å². The molecule has 0 spiro atoms. The van der Waals surface area contributed by atoms with Gasteiger partial charge in [0.1, 0.15) is 0 Å². The van der Waals surface area contributed by atoms with E-state index in [-0.39, 0.29) is 10.8 Å². The Labute approximate surface area is 140 Å². The third kappa shape index (κ3) is 2.78. The highest BCUT2D eigenvalue weighted by atomic mass is 32.2. The van der Waals surface area contributed by atoms with Crippen LogP contribution in [0.3, 0.4) is 0 Å². The zero-order valence-corrected chi connectivity index (χ0v) is 14.1. The normalized spacial score (nSPS) is 21.3. The smallest absolute Gasteiger partial charge is 0.268 e. The van der Waals surface area contributed by atoms with Crippen LogP contribution in [0.25, 0.3) is 0 Å². The zero-order chi connectivity index (χ0) is 15.8. The van der Waals surface area contributed by atoms with Gasteiger partial charge in [-0.05, 0) is 31.7 Å². The Balaban J connectivity index is 1.73. The van der Waals surface area contributed by atoms with Crippen molar-refractivity contribution in [3.05, 3.63) is 51.8 Å². The van der Waals surface area contributed by atoms with E-state index in [1.807, 2.05) is 17.7 Å².